The predicted molar refractivity (Wildman–Crippen MR) is 96.7 cm³/mol. The van der Waals surface area contributed by atoms with Crippen LogP contribution in [0.15, 0.2) is 48.7 Å². The molecule has 114 valence electrons. The van der Waals surface area contributed by atoms with Crippen molar-refractivity contribution in [2.45, 2.75) is 6.92 Å². The van der Waals surface area contributed by atoms with E-state index in [9.17, 15) is 0 Å². The first-order chi connectivity index (χ1) is 10.3. The largest absolute Gasteiger partial charge is 0.497 e. The second-order valence-electron chi connectivity index (χ2n) is 4.49. The van der Waals surface area contributed by atoms with Gasteiger partial charge in [0.05, 0.1) is 12.8 Å². The Balaban J connectivity index is 0.00000176. The van der Waals surface area contributed by atoms with Crippen molar-refractivity contribution in [3.05, 3.63) is 53.5 Å². The van der Waals surface area contributed by atoms with E-state index in [2.05, 4.69) is 22.2 Å². The maximum absolute atomic E-state index is 5.18. The van der Waals surface area contributed by atoms with Crippen LogP contribution in [0.25, 0.3) is 11.3 Å². The molecule has 0 atom stereocenters. The molecule has 0 bridgehead atoms. The lowest BCUT2D eigenvalue weighted by Crippen LogP contribution is -1.91. The topological polar surface area (TPSA) is 47.0 Å². The van der Waals surface area contributed by atoms with Crippen LogP contribution in [0, 0.1) is 6.92 Å². The Morgan fingerprint density at radius 1 is 1.09 bits per heavy atom. The summed E-state index contributed by atoms with van der Waals surface area (Å²) in [5, 5.41) is 4.07. The third-order valence-corrected chi connectivity index (χ3v) is 3.95. The molecule has 1 N–H and O–H groups in total. The Morgan fingerprint density at radius 2 is 1.86 bits per heavy atom. The molecule has 3 rings (SSSR count). The summed E-state index contributed by atoms with van der Waals surface area (Å²) in [6.45, 7) is 2.07. The highest BCUT2D eigenvalue weighted by molar-refractivity contribution is 8.93. The van der Waals surface area contributed by atoms with Gasteiger partial charge >= 0.3 is 0 Å². The molecule has 2 heterocycles. The lowest BCUT2D eigenvalue weighted by molar-refractivity contribution is 0.415. The van der Waals surface area contributed by atoms with Crippen LogP contribution in [0.5, 0.6) is 5.75 Å². The van der Waals surface area contributed by atoms with E-state index in [1.165, 1.54) is 4.88 Å². The number of hydrogen-bond acceptors (Lipinski definition) is 5. The standard InChI is InChI=1S/C16H15N3OS.BrH/c1-11-15(12-6-8-13(20-2)9-7-12)19-16(21-11)18-14-5-3-4-10-17-14;/h3-10H,1-2H3,(H,17,18,19);1H. The summed E-state index contributed by atoms with van der Waals surface area (Å²) in [4.78, 5) is 10.1. The van der Waals surface area contributed by atoms with Crippen molar-refractivity contribution in [1.82, 2.24) is 9.97 Å². The number of ether oxygens (including phenoxy) is 1. The summed E-state index contributed by atoms with van der Waals surface area (Å²) in [6.07, 6.45) is 1.76. The van der Waals surface area contributed by atoms with Gasteiger partial charge in [-0.25, -0.2) is 9.97 Å². The van der Waals surface area contributed by atoms with Gasteiger partial charge in [-0.15, -0.1) is 28.3 Å². The Labute approximate surface area is 144 Å². The van der Waals surface area contributed by atoms with E-state index in [0.717, 1.165) is 28.0 Å². The van der Waals surface area contributed by atoms with Crippen LogP contribution in [0.1, 0.15) is 4.88 Å². The first kappa shape index (κ1) is 16.5. The Kier molecular flexibility index (Phi) is 5.51. The molecule has 0 radical (unpaired) electrons. The molecule has 3 aromatic rings. The molecule has 0 saturated heterocycles. The number of methoxy groups -OCH3 is 1. The quantitative estimate of drug-likeness (QED) is 0.706. The van der Waals surface area contributed by atoms with Gasteiger partial charge in [-0.3, -0.25) is 0 Å². The van der Waals surface area contributed by atoms with Gasteiger partial charge in [0.25, 0.3) is 0 Å². The summed E-state index contributed by atoms with van der Waals surface area (Å²) >= 11 is 1.62. The minimum Gasteiger partial charge on any atom is -0.497 e. The van der Waals surface area contributed by atoms with Crippen molar-refractivity contribution in [3.8, 4) is 17.0 Å². The van der Waals surface area contributed by atoms with Crippen molar-refractivity contribution < 1.29 is 4.74 Å². The maximum atomic E-state index is 5.18. The lowest BCUT2D eigenvalue weighted by atomic mass is 10.1. The van der Waals surface area contributed by atoms with E-state index in [0.29, 0.717) is 0 Å². The molecule has 0 spiro atoms. The number of pyridine rings is 1. The van der Waals surface area contributed by atoms with Crippen LogP contribution in [-0.2, 0) is 0 Å². The zero-order valence-corrected chi connectivity index (χ0v) is 14.8. The van der Waals surface area contributed by atoms with Crippen LogP contribution in [0.2, 0.25) is 0 Å². The van der Waals surface area contributed by atoms with E-state index < -0.39 is 0 Å². The van der Waals surface area contributed by atoms with Crippen LogP contribution in [-0.4, -0.2) is 17.1 Å². The minimum absolute atomic E-state index is 0. The second kappa shape index (κ2) is 7.38. The molecule has 2 aromatic heterocycles. The van der Waals surface area contributed by atoms with E-state index >= 15 is 0 Å². The number of benzene rings is 1. The van der Waals surface area contributed by atoms with Gasteiger partial charge in [0.1, 0.15) is 11.6 Å². The minimum atomic E-state index is 0. The van der Waals surface area contributed by atoms with Crippen molar-refractivity contribution >= 4 is 39.3 Å². The average Bonchev–Trinajstić information content (AvgIpc) is 2.89. The number of rotatable bonds is 4. The Bertz CT molecular complexity index is 729. The molecule has 22 heavy (non-hydrogen) atoms. The fraction of sp³-hybridized carbons (Fsp3) is 0.125. The molecule has 0 aliphatic heterocycles. The fourth-order valence-electron chi connectivity index (χ4n) is 2.01. The van der Waals surface area contributed by atoms with Gasteiger partial charge in [-0.2, -0.15) is 0 Å². The van der Waals surface area contributed by atoms with Crippen LogP contribution >= 0.6 is 28.3 Å². The Hall–Kier alpha value is -1.92. The van der Waals surface area contributed by atoms with Gasteiger partial charge in [0.2, 0.25) is 0 Å². The monoisotopic (exact) mass is 377 g/mol. The number of nitrogens with zero attached hydrogens (tertiary/aromatic N) is 2. The molecular formula is C16H16BrN3OS. The van der Waals surface area contributed by atoms with E-state index in [1.54, 1.807) is 24.6 Å². The van der Waals surface area contributed by atoms with E-state index in [1.807, 2.05) is 42.5 Å². The highest BCUT2D eigenvalue weighted by Crippen LogP contribution is 2.32. The highest BCUT2D eigenvalue weighted by atomic mass is 79.9. The number of thiazole rings is 1. The molecule has 0 saturated carbocycles. The van der Waals surface area contributed by atoms with Gasteiger partial charge in [0.15, 0.2) is 5.13 Å². The summed E-state index contributed by atoms with van der Waals surface area (Å²) < 4.78 is 5.18. The molecule has 0 amide bonds. The Morgan fingerprint density at radius 3 is 2.50 bits per heavy atom. The summed E-state index contributed by atoms with van der Waals surface area (Å²) in [7, 11) is 1.66. The second-order valence-corrected chi connectivity index (χ2v) is 5.70. The van der Waals surface area contributed by atoms with E-state index in [-0.39, 0.29) is 17.0 Å². The number of anilines is 2. The van der Waals surface area contributed by atoms with Crippen molar-refractivity contribution in [3.63, 3.8) is 0 Å². The van der Waals surface area contributed by atoms with E-state index in [4.69, 9.17) is 4.74 Å². The van der Waals surface area contributed by atoms with Gasteiger partial charge in [-0.1, -0.05) is 6.07 Å². The molecule has 6 heteroatoms. The van der Waals surface area contributed by atoms with Crippen molar-refractivity contribution in [1.29, 1.82) is 0 Å². The van der Waals surface area contributed by atoms with Crippen LogP contribution in [0.4, 0.5) is 10.9 Å². The summed E-state index contributed by atoms with van der Waals surface area (Å²) in [6, 6.07) is 13.7. The summed E-state index contributed by atoms with van der Waals surface area (Å²) in [5.41, 5.74) is 2.07. The zero-order chi connectivity index (χ0) is 14.7. The number of nitrogens with one attached hydrogen (secondary N) is 1. The SMILES string of the molecule is Br.COc1ccc(-c2nc(Nc3ccccn3)sc2C)cc1. The predicted octanol–water partition coefficient (Wildman–Crippen LogP) is 4.84. The number of halogens is 1. The van der Waals surface area contributed by atoms with Gasteiger partial charge in [0, 0.05) is 16.6 Å². The normalized spacial score (nSPS) is 9.91. The average molecular weight is 378 g/mol. The third kappa shape index (κ3) is 3.64. The lowest BCUT2D eigenvalue weighted by Gasteiger charge is -2.02. The summed E-state index contributed by atoms with van der Waals surface area (Å²) in [5.74, 6) is 1.64. The fourth-order valence-corrected chi connectivity index (χ4v) is 2.86. The third-order valence-electron chi connectivity index (χ3n) is 3.06. The first-order valence-corrected chi connectivity index (χ1v) is 7.38. The molecule has 1 aromatic carbocycles. The van der Waals surface area contributed by atoms with Gasteiger partial charge < -0.3 is 10.1 Å². The molecule has 0 aliphatic carbocycles. The smallest absolute Gasteiger partial charge is 0.189 e. The van der Waals surface area contributed by atoms with Gasteiger partial charge in [-0.05, 0) is 43.3 Å². The molecular weight excluding hydrogens is 362 g/mol. The number of aryl methyl sites for hydroxylation is 1. The molecule has 0 unspecified atom stereocenters. The first-order valence-electron chi connectivity index (χ1n) is 6.56. The number of hydrogen-bond donors (Lipinski definition) is 1. The molecule has 0 fully saturated rings. The van der Waals surface area contributed by atoms with Crippen molar-refractivity contribution in [2.24, 2.45) is 0 Å². The molecule has 4 nitrogen and oxygen atoms in total. The highest BCUT2D eigenvalue weighted by Gasteiger charge is 2.10. The van der Waals surface area contributed by atoms with Crippen molar-refractivity contribution in [2.75, 3.05) is 12.4 Å². The molecule has 0 aliphatic rings. The zero-order valence-electron chi connectivity index (χ0n) is 12.2. The number of aromatic nitrogens is 2. The maximum Gasteiger partial charge on any atom is 0.189 e. The van der Waals surface area contributed by atoms with Crippen LogP contribution < -0.4 is 10.1 Å². The van der Waals surface area contributed by atoms with Crippen LogP contribution in [0.3, 0.4) is 0 Å².